The summed E-state index contributed by atoms with van der Waals surface area (Å²) in [5.74, 6) is -0.832. The lowest BCUT2D eigenvalue weighted by Crippen LogP contribution is -2.45. The number of anilines is 3. The van der Waals surface area contributed by atoms with Gasteiger partial charge in [-0.05, 0) is 32.5 Å². The van der Waals surface area contributed by atoms with E-state index in [2.05, 4.69) is 10.3 Å². The Morgan fingerprint density at radius 3 is 2.50 bits per heavy atom. The van der Waals surface area contributed by atoms with Crippen molar-refractivity contribution in [3.8, 4) is 0 Å². The standard InChI is InChI=1S/C21H29ClN6O4/c1-4-6-11-28-19(23)18(20(31)25-21(28)32)27(5-2)17(30)13-26(3)12-16(29)24-15-10-8-7-9-14(15)22/h7-10H,4-6,11-13,23H2,1-3H3,(H,24,29)(H,25,31,32). The molecule has 0 saturated heterocycles. The molecule has 1 heterocycles. The highest BCUT2D eigenvalue weighted by molar-refractivity contribution is 6.33. The number of hydrogen-bond donors (Lipinski definition) is 3. The quantitative estimate of drug-likeness (QED) is 0.487. The van der Waals surface area contributed by atoms with Crippen LogP contribution in [0, 0.1) is 0 Å². The van der Waals surface area contributed by atoms with Crippen LogP contribution in [0.2, 0.25) is 5.02 Å². The number of aromatic amines is 1. The molecule has 32 heavy (non-hydrogen) atoms. The van der Waals surface area contributed by atoms with Crippen LogP contribution in [-0.2, 0) is 16.1 Å². The normalized spacial score (nSPS) is 10.9. The molecule has 174 valence electrons. The predicted octanol–water partition coefficient (Wildman–Crippen LogP) is 1.50. The summed E-state index contributed by atoms with van der Waals surface area (Å²) < 4.78 is 1.26. The molecule has 2 rings (SSSR count). The molecule has 0 aliphatic rings. The van der Waals surface area contributed by atoms with Crippen molar-refractivity contribution in [2.45, 2.75) is 33.2 Å². The molecule has 0 unspecified atom stereocenters. The zero-order chi connectivity index (χ0) is 23.8. The lowest BCUT2D eigenvalue weighted by Gasteiger charge is -2.25. The number of carbonyl (C=O) groups excluding carboxylic acids is 2. The van der Waals surface area contributed by atoms with E-state index < -0.39 is 17.2 Å². The van der Waals surface area contributed by atoms with Crippen molar-refractivity contribution in [1.29, 1.82) is 0 Å². The molecule has 0 aliphatic carbocycles. The van der Waals surface area contributed by atoms with Gasteiger partial charge in [-0.3, -0.25) is 28.8 Å². The molecule has 10 nitrogen and oxygen atoms in total. The number of benzene rings is 1. The Bertz CT molecular complexity index is 1080. The van der Waals surface area contributed by atoms with Crippen molar-refractivity contribution in [3.63, 3.8) is 0 Å². The van der Waals surface area contributed by atoms with Gasteiger partial charge in [-0.15, -0.1) is 0 Å². The van der Waals surface area contributed by atoms with Crippen LogP contribution in [0.3, 0.4) is 0 Å². The summed E-state index contributed by atoms with van der Waals surface area (Å²) in [5, 5.41) is 3.10. The van der Waals surface area contributed by atoms with Gasteiger partial charge in [-0.2, -0.15) is 0 Å². The molecule has 1 aromatic carbocycles. The number of hydrogen-bond acceptors (Lipinski definition) is 6. The Hall–Kier alpha value is -3.11. The largest absolute Gasteiger partial charge is 0.383 e. The van der Waals surface area contributed by atoms with Crippen molar-refractivity contribution in [1.82, 2.24) is 14.5 Å². The fourth-order valence-corrected chi connectivity index (χ4v) is 3.39. The summed E-state index contributed by atoms with van der Waals surface area (Å²) in [6.07, 6.45) is 1.52. The molecule has 2 aromatic rings. The summed E-state index contributed by atoms with van der Waals surface area (Å²) >= 11 is 6.04. The van der Waals surface area contributed by atoms with Gasteiger partial charge in [0.15, 0.2) is 5.69 Å². The SMILES string of the molecule is CCCCn1c(N)c(N(CC)C(=O)CN(C)CC(=O)Nc2ccccc2Cl)c(=O)[nH]c1=O. The van der Waals surface area contributed by atoms with Crippen LogP contribution in [0.15, 0.2) is 33.9 Å². The highest BCUT2D eigenvalue weighted by atomic mass is 35.5. The Morgan fingerprint density at radius 1 is 1.19 bits per heavy atom. The molecule has 0 bridgehead atoms. The molecule has 0 saturated carbocycles. The minimum absolute atomic E-state index is 0.0542. The van der Waals surface area contributed by atoms with Gasteiger partial charge in [-0.25, -0.2) is 4.79 Å². The fraction of sp³-hybridized carbons (Fsp3) is 0.429. The third-order valence-electron chi connectivity index (χ3n) is 4.80. The minimum Gasteiger partial charge on any atom is -0.383 e. The van der Waals surface area contributed by atoms with Crippen molar-refractivity contribution >= 4 is 40.6 Å². The molecular formula is C21H29ClN6O4. The number of para-hydroxylation sites is 1. The molecule has 0 fully saturated rings. The predicted molar refractivity (Wildman–Crippen MR) is 126 cm³/mol. The molecule has 0 radical (unpaired) electrons. The number of nitrogen functional groups attached to an aromatic ring is 1. The van der Waals surface area contributed by atoms with E-state index in [9.17, 15) is 19.2 Å². The second-order valence-electron chi connectivity index (χ2n) is 7.34. The summed E-state index contributed by atoms with van der Waals surface area (Å²) in [6, 6.07) is 6.83. The third kappa shape index (κ3) is 6.21. The van der Waals surface area contributed by atoms with E-state index in [1.54, 1.807) is 38.2 Å². The van der Waals surface area contributed by atoms with Crippen LogP contribution in [0.5, 0.6) is 0 Å². The number of rotatable bonds is 10. The lowest BCUT2D eigenvalue weighted by atomic mass is 10.3. The van der Waals surface area contributed by atoms with Crippen molar-refractivity contribution in [2.24, 2.45) is 0 Å². The van der Waals surface area contributed by atoms with Gasteiger partial charge in [0.2, 0.25) is 11.8 Å². The maximum atomic E-state index is 12.9. The molecule has 2 amide bonds. The maximum absolute atomic E-state index is 12.9. The second kappa shape index (κ2) is 11.5. The van der Waals surface area contributed by atoms with Gasteiger partial charge in [0, 0.05) is 13.1 Å². The van der Waals surface area contributed by atoms with Crippen LogP contribution in [0.25, 0.3) is 0 Å². The number of likely N-dealkylation sites (N-methyl/N-ethyl adjacent to an activating group) is 2. The maximum Gasteiger partial charge on any atom is 0.330 e. The van der Waals surface area contributed by atoms with Crippen molar-refractivity contribution in [2.75, 3.05) is 42.6 Å². The summed E-state index contributed by atoms with van der Waals surface area (Å²) in [6.45, 7) is 3.94. The third-order valence-corrected chi connectivity index (χ3v) is 5.13. The first kappa shape index (κ1) is 25.2. The van der Waals surface area contributed by atoms with E-state index in [0.29, 0.717) is 23.7 Å². The highest BCUT2D eigenvalue weighted by Crippen LogP contribution is 2.20. The molecule has 0 atom stereocenters. The van der Waals surface area contributed by atoms with E-state index in [1.807, 2.05) is 6.92 Å². The van der Waals surface area contributed by atoms with E-state index in [0.717, 1.165) is 6.42 Å². The average molecular weight is 465 g/mol. The summed E-state index contributed by atoms with van der Waals surface area (Å²) in [5.41, 5.74) is 5.18. The van der Waals surface area contributed by atoms with Gasteiger partial charge in [0.1, 0.15) is 5.82 Å². The topological polar surface area (TPSA) is 134 Å². The van der Waals surface area contributed by atoms with Crippen LogP contribution in [-0.4, -0.2) is 52.9 Å². The van der Waals surface area contributed by atoms with Gasteiger partial charge >= 0.3 is 5.69 Å². The number of H-pyrrole nitrogens is 1. The first-order chi connectivity index (χ1) is 15.2. The van der Waals surface area contributed by atoms with Crippen molar-refractivity contribution in [3.05, 3.63) is 50.1 Å². The number of nitrogens with two attached hydrogens (primary N) is 1. The molecular weight excluding hydrogens is 436 g/mol. The summed E-state index contributed by atoms with van der Waals surface area (Å²) in [4.78, 5) is 54.8. The van der Waals surface area contributed by atoms with Crippen LogP contribution < -0.4 is 27.2 Å². The fourth-order valence-electron chi connectivity index (χ4n) is 3.21. The molecule has 11 heteroatoms. The number of unbranched alkanes of at least 4 members (excludes halogenated alkanes) is 1. The van der Waals surface area contributed by atoms with E-state index in [-0.39, 0.29) is 37.0 Å². The Balaban J connectivity index is 2.14. The number of nitrogens with one attached hydrogen (secondary N) is 2. The lowest BCUT2D eigenvalue weighted by molar-refractivity contribution is -0.121. The molecule has 1 aromatic heterocycles. The monoisotopic (exact) mass is 464 g/mol. The number of amides is 2. The van der Waals surface area contributed by atoms with Gasteiger partial charge in [0.25, 0.3) is 5.56 Å². The number of carbonyl (C=O) groups is 2. The molecule has 0 aliphatic heterocycles. The van der Waals surface area contributed by atoms with Crippen LogP contribution in [0.4, 0.5) is 17.2 Å². The Morgan fingerprint density at radius 2 is 1.88 bits per heavy atom. The van der Waals surface area contributed by atoms with Gasteiger partial charge in [0.05, 0.1) is 23.8 Å². The molecule has 0 spiro atoms. The zero-order valence-corrected chi connectivity index (χ0v) is 19.2. The minimum atomic E-state index is -0.727. The van der Waals surface area contributed by atoms with Crippen LogP contribution >= 0.6 is 11.6 Å². The first-order valence-corrected chi connectivity index (χ1v) is 10.7. The van der Waals surface area contributed by atoms with E-state index in [1.165, 1.54) is 14.4 Å². The van der Waals surface area contributed by atoms with Gasteiger partial charge < -0.3 is 16.0 Å². The second-order valence-corrected chi connectivity index (χ2v) is 7.74. The average Bonchev–Trinajstić information content (AvgIpc) is 2.72. The Kier molecular flexibility index (Phi) is 9.03. The molecule has 4 N–H and O–H groups in total. The highest BCUT2D eigenvalue weighted by Gasteiger charge is 2.24. The van der Waals surface area contributed by atoms with Crippen LogP contribution in [0.1, 0.15) is 26.7 Å². The van der Waals surface area contributed by atoms with Gasteiger partial charge in [-0.1, -0.05) is 37.1 Å². The van der Waals surface area contributed by atoms with E-state index >= 15 is 0 Å². The van der Waals surface area contributed by atoms with E-state index in [4.69, 9.17) is 17.3 Å². The smallest absolute Gasteiger partial charge is 0.330 e. The summed E-state index contributed by atoms with van der Waals surface area (Å²) in [7, 11) is 1.60. The Labute approximate surface area is 191 Å². The van der Waals surface area contributed by atoms with Crippen molar-refractivity contribution < 1.29 is 9.59 Å². The first-order valence-electron chi connectivity index (χ1n) is 10.3. The number of aromatic nitrogens is 2. The number of halogens is 1. The zero-order valence-electron chi connectivity index (χ0n) is 18.5. The number of nitrogens with zero attached hydrogens (tertiary/aromatic N) is 3.